The summed E-state index contributed by atoms with van der Waals surface area (Å²) in [6, 6.07) is 14.1. The Hall–Kier alpha value is -1.81. The summed E-state index contributed by atoms with van der Waals surface area (Å²) in [5, 5.41) is 2.92. The van der Waals surface area contributed by atoms with Crippen molar-refractivity contribution in [2.75, 3.05) is 13.2 Å². The molecule has 3 nitrogen and oxygen atoms in total. The first-order chi connectivity index (χ1) is 11.7. The van der Waals surface area contributed by atoms with Gasteiger partial charge in [-0.15, -0.1) is 0 Å². The Labute approximate surface area is 151 Å². The molecule has 0 unspecified atom stereocenters. The van der Waals surface area contributed by atoms with Crippen LogP contribution in [0.4, 0.5) is 0 Å². The van der Waals surface area contributed by atoms with Crippen LogP contribution in [0.1, 0.15) is 29.5 Å². The molecule has 1 N–H and O–H groups in total. The van der Waals surface area contributed by atoms with E-state index < -0.39 is 0 Å². The van der Waals surface area contributed by atoms with Crippen LogP contribution >= 0.6 is 15.9 Å². The van der Waals surface area contributed by atoms with Gasteiger partial charge in [-0.3, -0.25) is 4.79 Å². The fourth-order valence-corrected chi connectivity index (χ4v) is 3.57. The molecule has 126 valence electrons. The van der Waals surface area contributed by atoms with Crippen molar-refractivity contribution in [3.63, 3.8) is 0 Å². The van der Waals surface area contributed by atoms with Gasteiger partial charge in [-0.1, -0.05) is 40.2 Å². The molecule has 1 aliphatic carbocycles. The molecule has 0 spiro atoms. The molecule has 1 aliphatic rings. The summed E-state index contributed by atoms with van der Waals surface area (Å²) in [6.07, 6.45) is 5.13. The van der Waals surface area contributed by atoms with E-state index in [-0.39, 0.29) is 5.91 Å². The molecule has 1 amide bonds. The molecular formula is C20H22BrNO2. The quantitative estimate of drug-likeness (QED) is 0.758. The number of hydrogen-bond donors (Lipinski definition) is 1. The van der Waals surface area contributed by atoms with E-state index in [1.807, 2.05) is 30.3 Å². The minimum Gasteiger partial charge on any atom is -0.491 e. The molecule has 3 rings (SSSR count). The Kier molecular flexibility index (Phi) is 5.91. The van der Waals surface area contributed by atoms with Gasteiger partial charge in [-0.2, -0.15) is 0 Å². The van der Waals surface area contributed by atoms with Gasteiger partial charge in [0.05, 0.1) is 13.0 Å². The largest absolute Gasteiger partial charge is 0.491 e. The van der Waals surface area contributed by atoms with E-state index in [2.05, 4.69) is 33.4 Å². The highest BCUT2D eigenvalue weighted by Crippen LogP contribution is 2.29. The minimum absolute atomic E-state index is 0.0202. The zero-order valence-corrected chi connectivity index (χ0v) is 15.3. The van der Waals surface area contributed by atoms with Crippen LogP contribution in [0.25, 0.3) is 0 Å². The molecule has 0 radical (unpaired) electrons. The third kappa shape index (κ3) is 4.60. The van der Waals surface area contributed by atoms with Crippen molar-refractivity contribution in [2.45, 2.75) is 32.1 Å². The maximum absolute atomic E-state index is 12.0. The number of aryl methyl sites for hydroxylation is 1. The Bertz CT molecular complexity index is 715. The van der Waals surface area contributed by atoms with Crippen molar-refractivity contribution in [1.29, 1.82) is 0 Å². The molecule has 0 saturated carbocycles. The van der Waals surface area contributed by atoms with Crippen LogP contribution in [-0.2, 0) is 24.1 Å². The molecule has 2 aromatic carbocycles. The van der Waals surface area contributed by atoms with E-state index in [0.717, 1.165) is 28.6 Å². The first-order valence-corrected chi connectivity index (χ1v) is 9.26. The number of carbonyl (C=O) groups excluding carboxylic acids is 1. The van der Waals surface area contributed by atoms with Gasteiger partial charge in [0.15, 0.2) is 0 Å². The first-order valence-electron chi connectivity index (χ1n) is 8.47. The lowest BCUT2D eigenvalue weighted by Crippen LogP contribution is -2.29. The highest BCUT2D eigenvalue weighted by atomic mass is 79.9. The third-order valence-electron chi connectivity index (χ3n) is 4.29. The summed E-state index contributed by atoms with van der Waals surface area (Å²) in [7, 11) is 0. The van der Waals surface area contributed by atoms with E-state index in [1.165, 1.54) is 24.0 Å². The zero-order valence-electron chi connectivity index (χ0n) is 13.7. The number of carbonyl (C=O) groups is 1. The van der Waals surface area contributed by atoms with Gasteiger partial charge in [0.1, 0.15) is 12.4 Å². The Morgan fingerprint density at radius 1 is 1.12 bits per heavy atom. The average molecular weight is 388 g/mol. The van der Waals surface area contributed by atoms with Crippen LogP contribution in [0.2, 0.25) is 0 Å². The van der Waals surface area contributed by atoms with Crippen LogP contribution in [0.3, 0.4) is 0 Å². The van der Waals surface area contributed by atoms with Crippen molar-refractivity contribution in [3.05, 3.63) is 63.6 Å². The topological polar surface area (TPSA) is 38.3 Å². The number of hydrogen-bond acceptors (Lipinski definition) is 2. The highest BCUT2D eigenvalue weighted by Gasteiger charge is 2.13. The lowest BCUT2D eigenvalue weighted by molar-refractivity contribution is -0.120. The monoisotopic (exact) mass is 387 g/mol. The van der Waals surface area contributed by atoms with Gasteiger partial charge in [0.2, 0.25) is 5.91 Å². The Morgan fingerprint density at radius 2 is 1.96 bits per heavy atom. The van der Waals surface area contributed by atoms with E-state index >= 15 is 0 Å². The molecule has 0 saturated heterocycles. The fourth-order valence-electron chi connectivity index (χ4n) is 3.13. The molecule has 0 aliphatic heterocycles. The van der Waals surface area contributed by atoms with Crippen LogP contribution in [0.5, 0.6) is 5.75 Å². The molecule has 0 fully saturated rings. The molecule has 0 bridgehead atoms. The average Bonchev–Trinajstić information content (AvgIpc) is 2.59. The lowest BCUT2D eigenvalue weighted by Gasteiger charge is -2.19. The first kappa shape index (κ1) is 17.0. The molecular weight excluding hydrogens is 366 g/mol. The number of fused-ring (bicyclic) bond motifs is 1. The molecule has 4 heteroatoms. The number of nitrogens with one attached hydrogen (secondary N) is 1. The molecule has 0 atom stereocenters. The summed E-state index contributed by atoms with van der Waals surface area (Å²) in [4.78, 5) is 12.0. The predicted octanol–water partition coefficient (Wildman–Crippen LogP) is 4.07. The van der Waals surface area contributed by atoms with E-state index in [9.17, 15) is 4.79 Å². The van der Waals surface area contributed by atoms with Crippen LogP contribution in [0, 0.1) is 0 Å². The van der Waals surface area contributed by atoms with Crippen molar-refractivity contribution in [1.82, 2.24) is 5.32 Å². The Morgan fingerprint density at radius 3 is 2.83 bits per heavy atom. The minimum atomic E-state index is 0.0202. The smallest absolute Gasteiger partial charge is 0.224 e. The lowest BCUT2D eigenvalue weighted by atomic mass is 9.91. The third-order valence-corrected chi connectivity index (χ3v) is 4.78. The van der Waals surface area contributed by atoms with Crippen molar-refractivity contribution < 1.29 is 9.53 Å². The molecule has 2 aromatic rings. The zero-order chi connectivity index (χ0) is 16.8. The van der Waals surface area contributed by atoms with Crippen molar-refractivity contribution in [3.8, 4) is 5.75 Å². The van der Waals surface area contributed by atoms with Crippen molar-refractivity contribution in [2.24, 2.45) is 0 Å². The number of rotatable bonds is 6. The fraction of sp³-hybridized carbons (Fsp3) is 0.350. The van der Waals surface area contributed by atoms with E-state index in [4.69, 9.17) is 4.74 Å². The van der Waals surface area contributed by atoms with E-state index in [1.54, 1.807) is 0 Å². The van der Waals surface area contributed by atoms with Gasteiger partial charge in [-0.05, 0) is 60.6 Å². The van der Waals surface area contributed by atoms with Gasteiger partial charge < -0.3 is 10.1 Å². The van der Waals surface area contributed by atoms with Gasteiger partial charge >= 0.3 is 0 Å². The number of benzene rings is 2. The standard InChI is InChI=1S/C20H22BrNO2/c21-17-8-3-5-15(13-17)14-20(23)22-11-12-24-19-10-4-7-16-6-1-2-9-18(16)19/h3-5,7-8,10,13H,1-2,6,9,11-12,14H2,(H,22,23). The number of halogens is 1. The second-order valence-corrected chi connectivity index (χ2v) is 7.02. The summed E-state index contributed by atoms with van der Waals surface area (Å²) >= 11 is 3.42. The summed E-state index contributed by atoms with van der Waals surface area (Å²) < 4.78 is 6.89. The van der Waals surface area contributed by atoms with Gasteiger partial charge in [0.25, 0.3) is 0 Å². The van der Waals surface area contributed by atoms with Gasteiger partial charge in [-0.25, -0.2) is 0 Å². The Balaban J connectivity index is 1.45. The van der Waals surface area contributed by atoms with Crippen LogP contribution < -0.4 is 10.1 Å². The second kappa shape index (κ2) is 8.34. The predicted molar refractivity (Wildman–Crippen MR) is 99.4 cm³/mol. The van der Waals surface area contributed by atoms with Crippen molar-refractivity contribution >= 4 is 21.8 Å². The van der Waals surface area contributed by atoms with E-state index in [0.29, 0.717) is 19.6 Å². The second-order valence-electron chi connectivity index (χ2n) is 6.11. The maximum Gasteiger partial charge on any atom is 0.224 e. The number of ether oxygens (including phenoxy) is 1. The molecule has 24 heavy (non-hydrogen) atoms. The SMILES string of the molecule is O=C(Cc1cccc(Br)c1)NCCOc1cccc2c1CCCC2. The van der Waals surface area contributed by atoms with Crippen LogP contribution in [-0.4, -0.2) is 19.1 Å². The molecule has 0 heterocycles. The van der Waals surface area contributed by atoms with Crippen LogP contribution in [0.15, 0.2) is 46.9 Å². The summed E-state index contributed by atoms with van der Waals surface area (Å²) in [6.45, 7) is 1.02. The number of amides is 1. The van der Waals surface area contributed by atoms with Gasteiger partial charge in [0, 0.05) is 4.47 Å². The summed E-state index contributed by atoms with van der Waals surface area (Å²) in [5.74, 6) is 1.00. The molecule has 0 aromatic heterocycles. The highest BCUT2D eigenvalue weighted by molar-refractivity contribution is 9.10. The normalized spacial score (nSPS) is 13.2. The summed E-state index contributed by atoms with van der Waals surface area (Å²) in [5.41, 5.74) is 3.77. The maximum atomic E-state index is 12.0.